The highest BCUT2D eigenvalue weighted by Crippen LogP contribution is 2.28. The Morgan fingerprint density at radius 1 is 1.02 bits per heavy atom. The average Bonchev–Trinajstić information content (AvgIpc) is 3.37. The van der Waals surface area contributed by atoms with Gasteiger partial charge >= 0.3 is 0 Å². The van der Waals surface area contributed by atoms with Gasteiger partial charge in [0.25, 0.3) is 0 Å². The van der Waals surface area contributed by atoms with Gasteiger partial charge in [-0.05, 0) is 67.2 Å². The van der Waals surface area contributed by atoms with Crippen LogP contribution in [0.15, 0.2) is 63.8 Å². The van der Waals surface area contributed by atoms with Gasteiger partial charge in [-0.1, -0.05) is 69.7 Å². The maximum absolute atomic E-state index is 13.8. The second kappa shape index (κ2) is 15.5. The standard InChI is InChI=1S/C34H46N6O3/c1-4-11-28(29(31(35)41)20-23(2)3)33(42)38-30-16-7-8-19-40(34(30)43)22-24-12-9-13-25(21-24)26-14-5-6-15-27(26)32-36-17-10-18-37-39-32/h5-6,9,12-15,21,23,28-30H,4,7-8,10-11,16-20,22H2,1-3H3,(H2,35,41)(H,38,42)/t28?,29?,30-/m0/s1. The van der Waals surface area contributed by atoms with E-state index in [9.17, 15) is 14.4 Å². The molecule has 9 nitrogen and oxygen atoms in total. The second-order valence-corrected chi connectivity index (χ2v) is 12.1. The van der Waals surface area contributed by atoms with Crippen molar-refractivity contribution in [2.75, 3.05) is 19.6 Å². The Bertz CT molecular complexity index is 1340. The molecule has 230 valence electrons. The first kappa shape index (κ1) is 32.0. The summed E-state index contributed by atoms with van der Waals surface area (Å²) >= 11 is 0. The van der Waals surface area contributed by atoms with E-state index in [2.05, 4.69) is 38.7 Å². The van der Waals surface area contributed by atoms with Gasteiger partial charge in [-0.2, -0.15) is 5.11 Å². The van der Waals surface area contributed by atoms with E-state index < -0.39 is 23.8 Å². The van der Waals surface area contributed by atoms with E-state index in [0.29, 0.717) is 51.3 Å². The maximum atomic E-state index is 13.8. The minimum absolute atomic E-state index is 0.0837. The third kappa shape index (κ3) is 8.58. The number of rotatable bonds is 12. The van der Waals surface area contributed by atoms with Crippen LogP contribution in [0.4, 0.5) is 0 Å². The molecule has 0 radical (unpaired) electrons. The number of likely N-dealkylation sites (tertiary alicyclic amines) is 1. The van der Waals surface area contributed by atoms with E-state index in [1.807, 2.05) is 56.0 Å². The highest BCUT2D eigenvalue weighted by Gasteiger charge is 2.35. The summed E-state index contributed by atoms with van der Waals surface area (Å²) in [7, 11) is 0. The molecule has 2 aromatic carbocycles. The van der Waals surface area contributed by atoms with Crippen LogP contribution in [0.3, 0.4) is 0 Å². The molecule has 0 aliphatic carbocycles. The van der Waals surface area contributed by atoms with Gasteiger partial charge in [-0.15, -0.1) is 5.11 Å². The number of nitrogens with two attached hydrogens (primary N) is 1. The Morgan fingerprint density at radius 3 is 2.56 bits per heavy atom. The number of amidine groups is 1. The number of aliphatic imine (C=N–C) groups is 1. The lowest BCUT2D eigenvalue weighted by Crippen LogP contribution is -2.50. The largest absolute Gasteiger partial charge is 0.369 e. The van der Waals surface area contributed by atoms with Gasteiger partial charge in [0, 0.05) is 37.0 Å². The summed E-state index contributed by atoms with van der Waals surface area (Å²) in [5.74, 6) is -0.994. The summed E-state index contributed by atoms with van der Waals surface area (Å²) in [4.78, 5) is 46.1. The molecule has 3 N–H and O–H groups in total. The molecule has 2 aliphatic rings. The molecule has 1 saturated heterocycles. The minimum Gasteiger partial charge on any atom is -0.369 e. The minimum atomic E-state index is -0.621. The van der Waals surface area contributed by atoms with Crippen molar-refractivity contribution < 1.29 is 14.4 Å². The van der Waals surface area contributed by atoms with E-state index in [0.717, 1.165) is 47.9 Å². The van der Waals surface area contributed by atoms with Crippen LogP contribution in [0.5, 0.6) is 0 Å². The van der Waals surface area contributed by atoms with Crippen LogP contribution in [0.1, 0.15) is 76.8 Å². The molecule has 2 aliphatic heterocycles. The molecular weight excluding hydrogens is 540 g/mol. The summed E-state index contributed by atoms with van der Waals surface area (Å²) in [6, 6.07) is 15.7. The molecule has 3 amide bonds. The van der Waals surface area contributed by atoms with Crippen molar-refractivity contribution in [2.24, 2.45) is 38.7 Å². The summed E-state index contributed by atoms with van der Waals surface area (Å²) < 4.78 is 0. The van der Waals surface area contributed by atoms with Crippen molar-refractivity contribution in [3.8, 4) is 11.1 Å². The average molecular weight is 587 g/mol. The van der Waals surface area contributed by atoms with Gasteiger partial charge in [0.05, 0.1) is 6.54 Å². The molecule has 0 saturated carbocycles. The van der Waals surface area contributed by atoms with Crippen molar-refractivity contribution in [2.45, 2.75) is 78.3 Å². The summed E-state index contributed by atoms with van der Waals surface area (Å²) in [5.41, 5.74) is 9.73. The fourth-order valence-electron chi connectivity index (χ4n) is 6.09. The van der Waals surface area contributed by atoms with Crippen molar-refractivity contribution in [3.05, 3.63) is 59.7 Å². The summed E-state index contributed by atoms with van der Waals surface area (Å²) in [6.07, 6.45) is 5.02. The lowest BCUT2D eigenvalue weighted by molar-refractivity contribution is -0.139. The van der Waals surface area contributed by atoms with Gasteiger partial charge < -0.3 is 16.0 Å². The maximum Gasteiger partial charge on any atom is 0.245 e. The highest BCUT2D eigenvalue weighted by molar-refractivity contribution is 6.05. The molecule has 2 unspecified atom stereocenters. The van der Waals surface area contributed by atoms with Crippen molar-refractivity contribution in [1.29, 1.82) is 0 Å². The first-order valence-corrected chi connectivity index (χ1v) is 15.8. The Kier molecular flexibility index (Phi) is 11.6. The van der Waals surface area contributed by atoms with Crippen molar-refractivity contribution >= 4 is 23.6 Å². The number of hydrogen-bond donors (Lipinski definition) is 2. The van der Waals surface area contributed by atoms with Crippen molar-refractivity contribution in [1.82, 2.24) is 10.2 Å². The van der Waals surface area contributed by atoms with Gasteiger partial charge in [-0.3, -0.25) is 19.4 Å². The van der Waals surface area contributed by atoms with Crippen LogP contribution < -0.4 is 11.1 Å². The van der Waals surface area contributed by atoms with E-state index in [4.69, 9.17) is 5.73 Å². The zero-order chi connectivity index (χ0) is 30.8. The predicted molar refractivity (Wildman–Crippen MR) is 169 cm³/mol. The zero-order valence-electron chi connectivity index (χ0n) is 25.8. The molecule has 43 heavy (non-hydrogen) atoms. The lowest BCUT2D eigenvalue weighted by Gasteiger charge is -2.29. The SMILES string of the molecule is CCCC(C(=O)N[C@H]1CCCCN(Cc2cccc(-c3ccccc3C3=NCCCN=N3)c2)C1=O)C(CC(C)C)C(N)=O. The Balaban J connectivity index is 1.51. The quantitative estimate of drug-likeness (QED) is 0.340. The van der Waals surface area contributed by atoms with Crippen molar-refractivity contribution in [3.63, 3.8) is 0 Å². The number of hydrogen-bond acceptors (Lipinski definition) is 6. The fraction of sp³-hybridized carbons (Fsp3) is 0.529. The van der Waals surface area contributed by atoms with Crippen LogP contribution in [0.2, 0.25) is 0 Å². The molecule has 2 aromatic rings. The molecule has 0 spiro atoms. The van der Waals surface area contributed by atoms with E-state index in [1.54, 1.807) is 0 Å². The molecule has 4 rings (SSSR count). The monoisotopic (exact) mass is 586 g/mol. The number of amides is 3. The smallest absolute Gasteiger partial charge is 0.245 e. The first-order chi connectivity index (χ1) is 20.8. The molecule has 1 fully saturated rings. The molecule has 0 bridgehead atoms. The number of nitrogens with one attached hydrogen (secondary N) is 1. The van der Waals surface area contributed by atoms with Gasteiger partial charge in [-0.25, -0.2) is 0 Å². The first-order valence-electron chi connectivity index (χ1n) is 15.8. The Hall–Kier alpha value is -3.88. The normalized spacial score (nSPS) is 18.9. The molecule has 9 heteroatoms. The number of benzene rings is 2. The van der Waals surface area contributed by atoms with Crippen LogP contribution in [0.25, 0.3) is 11.1 Å². The Labute approximate surface area is 255 Å². The third-order valence-corrected chi connectivity index (χ3v) is 8.23. The third-order valence-electron chi connectivity index (χ3n) is 8.23. The molecule has 3 atom stereocenters. The summed E-state index contributed by atoms with van der Waals surface area (Å²) in [6.45, 7) is 8.48. The predicted octanol–water partition coefficient (Wildman–Crippen LogP) is 5.52. The molecule has 0 aromatic heterocycles. The van der Waals surface area contributed by atoms with E-state index >= 15 is 0 Å². The van der Waals surface area contributed by atoms with E-state index in [1.165, 1.54) is 0 Å². The van der Waals surface area contributed by atoms with E-state index in [-0.39, 0.29) is 17.7 Å². The van der Waals surface area contributed by atoms with Gasteiger partial charge in [0.15, 0.2) is 5.84 Å². The van der Waals surface area contributed by atoms with Gasteiger partial charge in [0.1, 0.15) is 6.04 Å². The lowest BCUT2D eigenvalue weighted by atomic mass is 9.81. The number of azo groups is 1. The fourth-order valence-corrected chi connectivity index (χ4v) is 6.09. The number of primary amides is 1. The van der Waals surface area contributed by atoms with Crippen LogP contribution in [-0.4, -0.2) is 54.1 Å². The number of nitrogens with zero attached hydrogens (tertiary/aromatic N) is 4. The zero-order valence-corrected chi connectivity index (χ0v) is 25.8. The second-order valence-electron chi connectivity index (χ2n) is 12.1. The van der Waals surface area contributed by atoms with Crippen LogP contribution in [0, 0.1) is 17.8 Å². The van der Waals surface area contributed by atoms with Crippen LogP contribution in [-0.2, 0) is 20.9 Å². The van der Waals surface area contributed by atoms with Gasteiger partial charge in [0.2, 0.25) is 17.7 Å². The molecule has 2 heterocycles. The summed E-state index contributed by atoms with van der Waals surface area (Å²) in [5, 5.41) is 11.7. The number of carbonyl (C=O) groups is 3. The number of carbonyl (C=O) groups excluding carboxylic acids is 3. The topological polar surface area (TPSA) is 130 Å². The Morgan fingerprint density at radius 2 is 1.81 bits per heavy atom. The van der Waals surface area contributed by atoms with Crippen LogP contribution >= 0.6 is 0 Å². The molecular formula is C34H46N6O3. The highest BCUT2D eigenvalue weighted by atomic mass is 16.2.